The molecule has 2 aromatic carbocycles. The Morgan fingerprint density at radius 3 is 2.49 bits per heavy atom. The first-order chi connectivity index (χ1) is 16.9. The number of halogens is 2. The van der Waals surface area contributed by atoms with Gasteiger partial charge in [-0.25, -0.2) is 4.98 Å². The largest absolute Gasteiger partial charge is 0.493 e. The molecule has 0 aliphatic carbocycles. The molecular weight excluding hydrogens is 495 g/mol. The summed E-state index contributed by atoms with van der Waals surface area (Å²) in [6.45, 7) is -0.0352. The van der Waals surface area contributed by atoms with Gasteiger partial charge in [0.15, 0.2) is 17.3 Å². The van der Waals surface area contributed by atoms with Crippen molar-refractivity contribution in [3.05, 3.63) is 75.4 Å². The van der Waals surface area contributed by atoms with Gasteiger partial charge in [-0.15, -0.1) is 0 Å². The van der Waals surface area contributed by atoms with E-state index in [0.717, 1.165) is 5.56 Å². The molecule has 2 N–H and O–H groups in total. The van der Waals surface area contributed by atoms with Crippen molar-refractivity contribution in [3.8, 4) is 22.8 Å². The molecule has 1 heterocycles. The van der Waals surface area contributed by atoms with Crippen LogP contribution in [0.2, 0.25) is 10.0 Å². The second kappa shape index (κ2) is 12.5. The van der Waals surface area contributed by atoms with E-state index in [0.29, 0.717) is 32.8 Å². The Bertz CT molecular complexity index is 1220. The lowest BCUT2D eigenvalue weighted by Gasteiger charge is -2.12. The quantitative estimate of drug-likeness (QED) is 0.366. The summed E-state index contributed by atoms with van der Waals surface area (Å²) in [6, 6.07) is 13.0. The van der Waals surface area contributed by atoms with Gasteiger partial charge in [-0.3, -0.25) is 9.59 Å². The van der Waals surface area contributed by atoms with Crippen LogP contribution in [-0.2, 0) is 11.3 Å². The van der Waals surface area contributed by atoms with Crippen LogP contribution in [0.25, 0.3) is 11.3 Å². The number of rotatable bonds is 11. The Balaban J connectivity index is 1.76. The van der Waals surface area contributed by atoms with Gasteiger partial charge in [0.25, 0.3) is 5.91 Å². The first kappa shape index (κ1) is 26.4. The predicted octanol–water partition coefficient (Wildman–Crippen LogP) is 4.19. The van der Waals surface area contributed by atoms with Gasteiger partial charge in [0.2, 0.25) is 0 Å². The number of aliphatic hydroxyl groups excluding tert-OH is 1. The second-order valence-electron chi connectivity index (χ2n) is 7.31. The zero-order valence-corrected chi connectivity index (χ0v) is 20.7. The van der Waals surface area contributed by atoms with E-state index >= 15 is 0 Å². The van der Waals surface area contributed by atoms with Crippen molar-refractivity contribution in [2.75, 3.05) is 34.0 Å². The van der Waals surface area contributed by atoms with Gasteiger partial charge in [0.1, 0.15) is 12.3 Å². The maximum atomic E-state index is 12.8. The molecule has 0 unspecified atom stereocenters. The fraction of sp³-hybridized carbons (Fsp3) is 0.240. The van der Waals surface area contributed by atoms with Crippen molar-refractivity contribution in [1.82, 2.24) is 10.3 Å². The maximum absolute atomic E-state index is 12.8. The van der Waals surface area contributed by atoms with E-state index in [9.17, 15) is 9.59 Å². The summed E-state index contributed by atoms with van der Waals surface area (Å²) in [4.78, 5) is 29.9. The van der Waals surface area contributed by atoms with Crippen molar-refractivity contribution in [1.29, 1.82) is 0 Å². The maximum Gasteiger partial charge on any atom is 0.251 e. The van der Waals surface area contributed by atoms with Gasteiger partial charge in [-0.1, -0.05) is 35.3 Å². The smallest absolute Gasteiger partial charge is 0.251 e. The van der Waals surface area contributed by atoms with E-state index in [1.807, 2.05) is 0 Å². The molecule has 0 radical (unpaired) electrons. The Labute approximate surface area is 212 Å². The fourth-order valence-electron chi connectivity index (χ4n) is 3.25. The molecule has 8 nitrogen and oxygen atoms in total. The minimum Gasteiger partial charge on any atom is -0.493 e. The topological polar surface area (TPSA) is 107 Å². The van der Waals surface area contributed by atoms with E-state index in [-0.39, 0.29) is 43.4 Å². The number of pyridine rings is 1. The van der Waals surface area contributed by atoms with Crippen LogP contribution in [0.4, 0.5) is 0 Å². The Morgan fingerprint density at radius 1 is 1.00 bits per heavy atom. The summed E-state index contributed by atoms with van der Waals surface area (Å²) in [7, 11) is 3.00. The number of carbonyl (C=O) groups excluding carboxylic acids is 2. The van der Waals surface area contributed by atoms with E-state index in [4.69, 9.17) is 42.5 Å². The average molecular weight is 519 g/mol. The van der Waals surface area contributed by atoms with E-state index in [2.05, 4.69) is 10.3 Å². The molecule has 0 aliphatic heterocycles. The predicted molar refractivity (Wildman–Crippen MR) is 133 cm³/mol. The highest BCUT2D eigenvalue weighted by atomic mass is 35.5. The number of nitrogens with one attached hydrogen (secondary N) is 1. The van der Waals surface area contributed by atoms with Crippen molar-refractivity contribution in [3.63, 3.8) is 0 Å². The Hall–Kier alpha value is -3.17. The van der Waals surface area contributed by atoms with Crippen LogP contribution in [0.15, 0.2) is 48.5 Å². The molecule has 3 rings (SSSR count). The number of carbonyl (C=O) groups is 2. The highest BCUT2D eigenvalue weighted by molar-refractivity contribution is 6.42. The molecule has 0 fully saturated rings. The molecule has 0 atom stereocenters. The van der Waals surface area contributed by atoms with E-state index in [1.54, 1.807) is 43.5 Å². The number of ether oxygens (including phenoxy) is 3. The Morgan fingerprint density at radius 2 is 1.80 bits per heavy atom. The van der Waals surface area contributed by atoms with Crippen LogP contribution in [0.5, 0.6) is 11.5 Å². The minimum absolute atomic E-state index is 0.0940. The Kier molecular flexibility index (Phi) is 9.45. The van der Waals surface area contributed by atoms with Crippen molar-refractivity contribution in [2.45, 2.75) is 6.61 Å². The summed E-state index contributed by atoms with van der Waals surface area (Å²) in [5, 5.41) is 12.3. The summed E-state index contributed by atoms with van der Waals surface area (Å²) in [5.74, 6) is -0.118. The second-order valence-corrected chi connectivity index (χ2v) is 8.12. The summed E-state index contributed by atoms with van der Waals surface area (Å²) in [6.07, 6.45) is 0. The number of amides is 1. The molecule has 10 heteroatoms. The van der Waals surface area contributed by atoms with Crippen molar-refractivity contribution >= 4 is 34.9 Å². The SMILES string of the molecule is COCc1ccc(C(=O)CNC(=O)c2ccc(OCCO)c(OC)c2)nc1-c1ccc(Cl)c(Cl)c1. The molecule has 0 saturated heterocycles. The summed E-state index contributed by atoms with van der Waals surface area (Å²) >= 11 is 12.2. The third-order valence-electron chi connectivity index (χ3n) is 4.94. The summed E-state index contributed by atoms with van der Waals surface area (Å²) < 4.78 is 15.9. The number of hydrogen-bond acceptors (Lipinski definition) is 7. The number of benzene rings is 2. The molecule has 1 amide bonds. The molecular formula is C25H24Cl2N2O6. The van der Waals surface area contributed by atoms with Crippen LogP contribution in [0, 0.1) is 0 Å². The van der Waals surface area contributed by atoms with Crippen LogP contribution < -0.4 is 14.8 Å². The number of aliphatic hydroxyl groups is 1. The zero-order valence-electron chi connectivity index (χ0n) is 19.1. The molecule has 0 spiro atoms. The van der Waals surface area contributed by atoms with Gasteiger partial charge >= 0.3 is 0 Å². The third-order valence-corrected chi connectivity index (χ3v) is 5.68. The van der Waals surface area contributed by atoms with E-state index < -0.39 is 5.91 Å². The van der Waals surface area contributed by atoms with Crippen LogP contribution >= 0.6 is 23.2 Å². The molecule has 0 bridgehead atoms. The number of hydrogen-bond donors (Lipinski definition) is 2. The number of aromatic nitrogens is 1. The van der Waals surface area contributed by atoms with Gasteiger partial charge in [-0.05, 0) is 36.4 Å². The normalized spacial score (nSPS) is 10.7. The van der Waals surface area contributed by atoms with Crippen LogP contribution in [-0.4, -0.2) is 55.8 Å². The first-order valence-electron chi connectivity index (χ1n) is 10.5. The number of methoxy groups -OCH3 is 2. The minimum atomic E-state index is -0.467. The lowest BCUT2D eigenvalue weighted by molar-refractivity contribution is 0.0902. The highest BCUT2D eigenvalue weighted by Gasteiger charge is 2.17. The van der Waals surface area contributed by atoms with E-state index in [1.165, 1.54) is 19.2 Å². The average Bonchev–Trinajstić information content (AvgIpc) is 2.87. The van der Waals surface area contributed by atoms with Crippen LogP contribution in [0.1, 0.15) is 26.4 Å². The number of ketones is 1. The molecule has 35 heavy (non-hydrogen) atoms. The lowest BCUT2D eigenvalue weighted by atomic mass is 10.0. The molecule has 0 saturated carbocycles. The standard InChI is InChI=1S/C25H24Cl2N2O6/c1-33-14-17-4-7-20(29-24(17)15-3-6-18(26)19(27)11-15)21(31)13-28-25(32)16-5-8-22(35-10-9-30)23(12-16)34-2/h3-8,11-12,30H,9-10,13-14H2,1-2H3,(H,28,32). The monoisotopic (exact) mass is 518 g/mol. The number of Topliss-reactive ketones (excluding diaryl/α,β-unsaturated/α-hetero) is 1. The van der Waals surface area contributed by atoms with Gasteiger partial charge < -0.3 is 24.6 Å². The van der Waals surface area contributed by atoms with Crippen molar-refractivity contribution in [2.24, 2.45) is 0 Å². The molecule has 3 aromatic rings. The molecule has 184 valence electrons. The summed E-state index contributed by atoms with van der Waals surface area (Å²) in [5.41, 5.74) is 2.44. The fourth-order valence-corrected chi connectivity index (χ4v) is 3.54. The lowest BCUT2D eigenvalue weighted by Crippen LogP contribution is -2.30. The first-order valence-corrected chi connectivity index (χ1v) is 11.3. The highest BCUT2D eigenvalue weighted by Crippen LogP contribution is 2.30. The number of nitrogens with zero attached hydrogens (tertiary/aromatic N) is 1. The zero-order chi connectivity index (χ0) is 25.4. The van der Waals surface area contributed by atoms with Gasteiger partial charge in [-0.2, -0.15) is 0 Å². The van der Waals surface area contributed by atoms with Crippen molar-refractivity contribution < 1.29 is 28.9 Å². The molecule has 1 aromatic heterocycles. The van der Waals surface area contributed by atoms with Crippen LogP contribution in [0.3, 0.4) is 0 Å². The molecule has 0 aliphatic rings. The van der Waals surface area contributed by atoms with Gasteiger partial charge in [0.05, 0.1) is 42.6 Å². The third kappa shape index (κ3) is 6.70. The van der Waals surface area contributed by atoms with Gasteiger partial charge in [0, 0.05) is 23.8 Å².